The van der Waals surface area contributed by atoms with Crippen molar-refractivity contribution in [3.63, 3.8) is 0 Å². The largest absolute Gasteiger partial charge is 0.360 e. The molecule has 4 nitrogen and oxygen atoms in total. The molecule has 8 heteroatoms. The predicted molar refractivity (Wildman–Crippen MR) is 104 cm³/mol. The average Bonchev–Trinajstić information content (AvgIpc) is 3.16. The summed E-state index contributed by atoms with van der Waals surface area (Å²) < 4.78 is 61.6. The molecule has 1 amide bonds. The molecular weight excluding hydrogens is 400 g/mol. The van der Waals surface area contributed by atoms with Crippen LogP contribution in [0.2, 0.25) is 0 Å². The number of ether oxygens (including phenoxy) is 1. The first-order chi connectivity index (χ1) is 14.3. The Morgan fingerprint density at radius 1 is 1.10 bits per heavy atom. The molecule has 3 rings (SSSR count). The fraction of sp³-hybridized carbons (Fsp3) is 0.409. The molecule has 2 aromatic carbocycles. The molecule has 2 aromatic rings. The lowest BCUT2D eigenvalue weighted by atomic mass is 9.96. The summed E-state index contributed by atoms with van der Waals surface area (Å²) in [7, 11) is 0. The number of carbonyl (C=O) groups excluding carboxylic acids is 1. The van der Waals surface area contributed by atoms with Crippen LogP contribution in [0, 0.1) is 29.2 Å². The Bertz CT molecular complexity index is 868. The van der Waals surface area contributed by atoms with Crippen LogP contribution in [0.1, 0.15) is 36.2 Å². The highest BCUT2D eigenvalue weighted by atomic mass is 19.1. The SMILES string of the molecule is CC[C@H](C)C(NC(=O)c1c(F)cccc1F)C1N[C@@H](Cc2c(F)cccc2F)CO1. The second-order valence-corrected chi connectivity index (χ2v) is 7.50. The Morgan fingerprint density at radius 3 is 2.23 bits per heavy atom. The molecule has 0 spiro atoms. The number of halogens is 4. The fourth-order valence-electron chi connectivity index (χ4n) is 3.56. The summed E-state index contributed by atoms with van der Waals surface area (Å²) in [5.41, 5.74) is -0.703. The molecule has 0 saturated carbocycles. The van der Waals surface area contributed by atoms with Crippen molar-refractivity contribution in [2.75, 3.05) is 6.61 Å². The van der Waals surface area contributed by atoms with Gasteiger partial charge >= 0.3 is 0 Å². The maximum Gasteiger partial charge on any atom is 0.257 e. The molecule has 0 aliphatic carbocycles. The number of hydrogen-bond acceptors (Lipinski definition) is 3. The van der Waals surface area contributed by atoms with Crippen LogP contribution in [-0.4, -0.2) is 30.8 Å². The molecular formula is C22H24F4N2O2. The van der Waals surface area contributed by atoms with E-state index in [1.807, 2.05) is 13.8 Å². The summed E-state index contributed by atoms with van der Waals surface area (Å²) >= 11 is 0. The summed E-state index contributed by atoms with van der Waals surface area (Å²) in [6.45, 7) is 3.96. The number of amides is 1. The van der Waals surface area contributed by atoms with E-state index in [4.69, 9.17) is 4.74 Å². The predicted octanol–water partition coefficient (Wildman–Crippen LogP) is 3.94. The van der Waals surface area contributed by atoms with Crippen molar-refractivity contribution in [1.82, 2.24) is 10.6 Å². The number of nitrogens with one attached hydrogen (secondary N) is 2. The van der Waals surface area contributed by atoms with E-state index in [1.54, 1.807) is 0 Å². The van der Waals surface area contributed by atoms with E-state index in [-0.39, 0.29) is 30.6 Å². The van der Waals surface area contributed by atoms with Crippen molar-refractivity contribution < 1.29 is 27.1 Å². The molecule has 0 radical (unpaired) electrons. The average molecular weight is 424 g/mol. The lowest BCUT2D eigenvalue weighted by Gasteiger charge is -2.29. The van der Waals surface area contributed by atoms with E-state index < -0.39 is 47.0 Å². The summed E-state index contributed by atoms with van der Waals surface area (Å²) in [6, 6.07) is 5.91. The molecule has 2 N–H and O–H groups in total. The molecule has 4 atom stereocenters. The second kappa shape index (κ2) is 9.57. The standard InChI is InChI=1S/C22H24F4N2O2/c1-3-12(2)20(28-21(29)19-17(25)8-5-9-18(19)26)22-27-13(11-30-22)10-14-15(23)6-4-7-16(14)24/h4-9,12-13,20,22,27H,3,10-11H2,1-2H3,(H,28,29)/t12-,13-,20?,22?/m0/s1. The van der Waals surface area contributed by atoms with Crippen LogP contribution in [-0.2, 0) is 11.2 Å². The van der Waals surface area contributed by atoms with Crippen LogP contribution in [0.3, 0.4) is 0 Å². The molecule has 1 saturated heterocycles. The van der Waals surface area contributed by atoms with Crippen molar-refractivity contribution in [2.45, 2.75) is 45.0 Å². The van der Waals surface area contributed by atoms with E-state index in [2.05, 4.69) is 10.6 Å². The Labute approximate surface area is 172 Å². The highest BCUT2D eigenvalue weighted by Crippen LogP contribution is 2.22. The minimum atomic E-state index is -0.955. The number of rotatable bonds is 7. The van der Waals surface area contributed by atoms with Gasteiger partial charge in [0.15, 0.2) is 0 Å². The lowest BCUT2D eigenvalue weighted by Crippen LogP contribution is -2.53. The third-order valence-corrected chi connectivity index (χ3v) is 5.46. The minimum absolute atomic E-state index is 0.0446. The van der Waals surface area contributed by atoms with E-state index >= 15 is 0 Å². The van der Waals surface area contributed by atoms with Crippen LogP contribution < -0.4 is 10.6 Å². The zero-order valence-electron chi connectivity index (χ0n) is 16.7. The van der Waals surface area contributed by atoms with Gasteiger partial charge in [-0.25, -0.2) is 17.6 Å². The lowest BCUT2D eigenvalue weighted by molar-refractivity contribution is 0.0446. The van der Waals surface area contributed by atoms with Gasteiger partial charge in [0.2, 0.25) is 0 Å². The topological polar surface area (TPSA) is 50.4 Å². The van der Waals surface area contributed by atoms with Gasteiger partial charge in [-0.15, -0.1) is 0 Å². The highest BCUT2D eigenvalue weighted by molar-refractivity contribution is 5.95. The van der Waals surface area contributed by atoms with Crippen LogP contribution in [0.5, 0.6) is 0 Å². The molecule has 30 heavy (non-hydrogen) atoms. The van der Waals surface area contributed by atoms with Gasteiger partial charge in [0, 0.05) is 11.6 Å². The van der Waals surface area contributed by atoms with Crippen LogP contribution in [0.4, 0.5) is 17.6 Å². The molecule has 0 bridgehead atoms. The quantitative estimate of drug-likeness (QED) is 0.662. The van der Waals surface area contributed by atoms with Gasteiger partial charge in [0.25, 0.3) is 5.91 Å². The van der Waals surface area contributed by atoms with E-state index in [0.717, 1.165) is 12.1 Å². The fourth-order valence-corrected chi connectivity index (χ4v) is 3.56. The van der Waals surface area contributed by atoms with E-state index in [1.165, 1.54) is 24.3 Å². The third kappa shape index (κ3) is 4.82. The van der Waals surface area contributed by atoms with Gasteiger partial charge < -0.3 is 10.1 Å². The highest BCUT2D eigenvalue weighted by Gasteiger charge is 2.36. The van der Waals surface area contributed by atoms with Crippen LogP contribution >= 0.6 is 0 Å². The Morgan fingerprint density at radius 2 is 1.67 bits per heavy atom. The molecule has 1 fully saturated rings. The third-order valence-electron chi connectivity index (χ3n) is 5.46. The summed E-state index contributed by atoms with van der Waals surface area (Å²) in [6.07, 6.45) is 0.0651. The van der Waals surface area contributed by atoms with Gasteiger partial charge in [0.1, 0.15) is 35.1 Å². The monoisotopic (exact) mass is 424 g/mol. The first-order valence-electron chi connectivity index (χ1n) is 9.87. The normalized spacial score (nSPS) is 20.7. The molecule has 2 unspecified atom stereocenters. The zero-order valence-corrected chi connectivity index (χ0v) is 16.7. The molecule has 1 aliphatic heterocycles. The number of carbonyl (C=O) groups is 1. The van der Waals surface area contributed by atoms with E-state index in [0.29, 0.717) is 6.42 Å². The first kappa shape index (κ1) is 22.2. The summed E-state index contributed by atoms with van der Waals surface area (Å²) in [4.78, 5) is 12.6. The van der Waals surface area contributed by atoms with Gasteiger partial charge in [-0.1, -0.05) is 32.4 Å². The first-order valence-corrected chi connectivity index (χ1v) is 9.87. The Balaban J connectivity index is 1.73. The minimum Gasteiger partial charge on any atom is -0.360 e. The Kier molecular flexibility index (Phi) is 7.10. The summed E-state index contributed by atoms with van der Waals surface area (Å²) in [5.74, 6) is -4.16. The smallest absolute Gasteiger partial charge is 0.257 e. The van der Waals surface area contributed by atoms with Gasteiger partial charge in [-0.3, -0.25) is 10.1 Å². The maximum absolute atomic E-state index is 14.0. The molecule has 162 valence electrons. The van der Waals surface area contributed by atoms with Crippen molar-refractivity contribution in [3.8, 4) is 0 Å². The van der Waals surface area contributed by atoms with Gasteiger partial charge in [0.05, 0.1) is 12.6 Å². The second-order valence-electron chi connectivity index (χ2n) is 7.50. The Hall–Kier alpha value is -2.45. The number of benzene rings is 2. The summed E-state index contributed by atoms with van der Waals surface area (Å²) in [5, 5.41) is 5.80. The van der Waals surface area contributed by atoms with Crippen molar-refractivity contribution >= 4 is 5.91 Å². The van der Waals surface area contributed by atoms with Crippen molar-refractivity contribution in [2.24, 2.45) is 5.92 Å². The van der Waals surface area contributed by atoms with E-state index in [9.17, 15) is 22.4 Å². The van der Waals surface area contributed by atoms with Crippen molar-refractivity contribution in [3.05, 3.63) is 70.8 Å². The van der Waals surface area contributed by atoms with Crippen molar-refractivity contribution in [1.29, 1.82) is 0 Å². The van der Waals surface area contributed by atoms with Gasteiger partial charge in [-0.2, -0.15) is 0 Å². The molecule has 0 aromatic heterocycles. The molecule has 1 heterocycles. The van der Waals surface area contributed by atoms with Crippen LogP contribution in [0.25, 0.3) is 0 Å². The number of hydrogen-bond donors (Lipinski definition) is 2. The van der Waals surface area contributed by atoms with Gasteiger partial charge in [-0.05, 0) is 36.6 Å². The van der Waals surface area contributed by atoms with Crippen LogP contribution in [0.15, 0.2) is 36.4 Å². The zero-order chi connectivity index (χ0) is 21.8. The maximum atomic E-state index is 14.0. The molecule has 1 aliphatic rings.